The lowest BCUT2D eigenvalue weighted by Gasteiger charge is -2.09. The standard InChI is InChI=1S/C16H7ClF2N2O2S/c17-16-12-3-1-10(18)6-14(12)21-8-15(16)24(22,23)11-2-4-13(19)9(5-11)7-20/h1-6,8H. The molecule has 0 fully saturated rings. The van der Waals surface area contributed by atoms with Crippen LogP contribution in [0.4, 0.5) is 8.78 Å². The molecule has 0 radical (unpaired) electrons. The molecule has 3 rings (SSSR count). The van der Waals surface area contributed by atoms with Gasteiger partial charge in [0.25, 0.3) is 0 Å². The lowest BCUT2D eigenvalue weighted by Crippen LogP contribution is -2.05. The SMILES string of the molecule is N#Cc1cc(S(=O)(=O)c2cnc3cc(F)ccc3c2Cl)ccc1F. The number of sulfone groups is 1. The van der Waals surface area contributed by atoms with Gasteiger partial charge in [-0.15, -0.1) is 0 Å². The van der Waals surface area contributed by atoms with Gasteiger partial charge in [-0.3, -0.25) is 4.98 Å². The highest BCUT2D eigenvalue weighted by molar-refractivity contribution is 7.91. The van der Waals surface area contributed by atoms with Crippen molar-refractivity contribution in [2.75, 3.05) is 0 Å². The molecule has 0 aliphatic carbocycles. The summed E-state index contributed by atoms with van der Waals surface area (Å²) in [5.74, 6) is -1.35. The maximum atomic E-state index is 13.4. The van der Waals surface area contributed by atoms with Crippen LogP contribution in [0.15, 0.2) is 52.4 Å². The molecule has 0 bridgehead atoms. The summed E-state index contributed by atoms with van der Waals surface area (Å²) in [7, 11) is -4.13. The Morgan fingerprint density at radius 1 is 1.12 bits per heavy atom. The first kappa shape index (κ1) is 16.3. The molecule has 0 aliphatic heterocycles. The molecular weight excluding hydrogens is 358 g/mol. The fourth-order valence-corrected chi connectivity index (χ4v) is 4.01. The van der Waals surface area contributed by atoms with Gasteiger partial charge in [-0.05, 0) is 30.3 Å². The second kappa shape index (κ2) is 5.82. The molecular formula is C16H7ClF2N2O2S. The average Bonchev–Trinajstić information content (AvgIpc) is 2.55. The van der Waals surface area contributed by atoms with Crippen molar-refractivity contribution in [3.8, 4) is 6.07 Å². The highest BCUT2D eigenvalue weighted by atomic mass is 35.5. The molecule has 0 saturated heterocycles. The van der Waals surface area contributed by atoms with Gasteiger partial charge < -0.3 is 0 Å². The number of benzene rings is 2. The predicted octanol–water partition coefficient (Wildman–Crippen LogP) is 3.87. The van der Waals surface area contributed by atoms with E-state index in [1.165, 1.54) is 6.07 Å². The summed E-state index contributed by atoms with van der Waals surface area (Å²) in [6.07, 6.45) is 1.01. The Balaban J connectivity index is 2.24. The maximum absolute atomic E-state index is 13.4. The van der Waals surface area contributed by atoms with E-state index in [0.717, 1.165) is 36.5 Å². The molecule has 8 heteroatoms. The van der Waals surface area contributed by atoms with E-state index >= 15 is 0 Å². The molecule has 3 aromatic rings. The first-order valence-electron chi connectivity index (χ1n) is 6.53. The summed E-state index contributed by atoms with van der Waals surface area (Å²) >= 11 is 6.15. The zero-order chi connectivity index (χ0) is 17.5. The fourth-order valence-electron chi connectivity index (χ4n) is 2.19. The Morgan fingerprint density at radius 3 is 2.58 bits per heavy atom. The molecule has 2 aromatic carbocycles. The summed E-state index contributed by atoms with van der Waals surface area (Å²) in [6, 6.07) is 8.03. The summed E-state index contributed by atoms with van der Waals surface area (Å²) in [4.78, 5) is 3.32. The normalized spacial score (nSPS) is 11.4. The van der Waals surface area contributed by atoms with E-state index in [0.29, 0.717) is 0 Å². The van der Waals surface area contributed by atoms with Crippen molar-refractivity contribution in [1.82, 2.24) is 4.98 Å². The van der Waals surface area contributed by atoms with Crippen molar-refractivity contribution in [3.63, 3.8) is 0 Å². The lowest BCUT2D eigenvalue weighted by molar-refractivity contribution is 0.594. The summed E-state index contributed by atoms with van der Waals surface area (Å²) in [5, 5.41) is 8.99. The van der Waals surface area contributed by atoms with Gasteiger partial charge in [-0.1, -0.05) is 11.6 Å². The number of fused-ring (bicyclic) bond motifs is 1. The highest BCUT2D eigenvalue weighted by Crippen LogP contribution is 2.33. The Bertz CT molecular complexity index is 1120. The van der Waals surface area contributed by atoms with Crippen LogP contribution >= 0.6 is 11.6 Å². The lowest BCUT2D eigenvalue weighted by atomic mass is 10.2. The van der Waals surface area contributed by atoms with Gasteiger partial charge in [0, 0.05) is 17.6 Å². The van der Waals surface area contributed by atoms with Crippen LogP contribution in [-0.2, 0) is 9.84 Å². The van der Waals surface area contributed by atoms with Gasteiger partial charge in [0.15, 0.2) is 0 Å². The van der Waals surface area contributed by atoms with Crippen LogP contribution in [0.5, 0.6) is 0 Å². The molecule has 0 atom stereocenters. The van der Waals surface area contributed by atoms with Crippen LogP contribution in [-0.4, -0.2) is 13.4 Å². The molecule has 0 unspecified atom stereocenters. The Kier molecular flexibility index (Phi) is 3.95. The number of aromatic nitrogens is 1. The minimum absolute atomic E-state index is 0.122. The zero-order valence-corrected chi connectivity index (χ0v) is 13.4. The van der Waals surface area contributed by atoms with E-state index in [-0.39, 0.29) is 25.7 Å². The third kappa shape index (κ3) is 2.60. The van der Waals surface area contributed by atoms with Crippen LogP contribution in [0.25, 0.3) is 10.9 Å². The van der Waals surface area contributed by atoms with E-state index in [2.05, 4.69) is 4.98 Å². The molecule has 4 nitrogen and oxygen atoms in total. The van der Waals surface area contributed by atoms with E-state index in [1.54, 1.807) is 6.07 Å². The third-order valence-electron chi connectivity index (χ3n) is 3.39. The quantitative estimate of drug-likeness (QED) is 0.647. The van der Waals surface area contributed by atoms with Gasteiger partial charge >= 0.3 is 0 Å². The van der Waals surface area contributed by atoms with Gasteiger partial charge in [0.05, 0.1) is 21.0 Å². The van der Waals surface area contributed by atoms with Gasteiger partial charge in [-0.25, -0.2) is 17.2 Å². The monoisotopic (exact) mass is 364 g/mol. The largest absolute Gasteiger partial charge is 0.255 e. The summed E-state index contributed by atoms with van der Waals surface area (Å²) < 4.78 is 52.0. The van der Waals surface area contributed by atoms with Crippen molar-refractivity contribution < 1.29 is 17.2 Å². The number of hydrogen-bond acceptors (Lipinski definition) is 4. The summed E-state index contributed by atoms with van der Waals surface area (Å²) in [6.45, 7) is 0. The highest BCUT2D eigenvalue weighted by Gasteiger charge is 2.24. The van der Waals surface area contributed by atoms with Crippen LogP contribution in [0.1, 0.15) is 5.56 Å². The fraction of sp³-hybridized carbons (Fsp3) is 0. The van der Waals surface area contributed by atoms with E-state index in [4.69, 9.17) is 16.9 Å². The Morgan fingerprint density at radius 2 is 1.88 bits per heavy atom. The summed E-state index contributed by atoms with van der Waals surface area (Å²) in [5.41, 5.74) is -0.196. The number of hydrogen-bond donors (Lipinski definition) is 0. The minimum Gasteiger partial charge on any atom is -0.255 e. The maximum Gasteiger partial charge on any atom is 0.209 e. The average molecular weight is 365 g/mol. The van der Waals surface area contributed by atoms with Crippen LogP contribution in [0.3, 0.4) is 0 Å². The molecule has 1 aromatic heterocycles. The Hall–Kier alpha value is -2.56. The van der Waals surface area contributed by atoms with Crippen LogP contribution in [0, 0.1) is 23.0 Å². The van der Waals surface area contributed by atoms with Gasteiger partial charge in [0.1, 0.15) is 22.6 Å². The van der Waals surface area contributed by atoms with Crippen LogP contribution < -0.4 is 0 Å². The molecule has 120 valence electrons. The van der Waals surface area contributed by atoms with Gasteiger partial charge in [0.2, 0.25) is 9.84 Å². The van der Waals surface area contributed by atoms with Gasteiger partial charge in [-0.2, -0.15) is 5.26 Å². The van der Waals surface area contributed by atoms with E-state index in [9.17, 15) is 17.2 Å². The molecule has 0 N–H and O–H groups in total. The number of rotatable bonds is 2. The first-order chi connectivity index (χ1) is 11.3. The van der Waals surface area contributed by atoms with E-state index in [1.807, 2.05) is 0 Å². The molecule has 0 aliphatic rings. The topological polar surface area (TPSA) is 70.8 Å². The number of halogens is 3. The smallest absolute Gasteiger partial charge is 0.209 e. The number of nitrogens with zero attached hydrogens (tertiary/aromatic N) is 2. The zero-order valence-electron chi connectivity index (χ0n) is 11.8. The molecule has 0 amide bonds. The first-order valence-corrected chi connectivity index (χ1v) is 8.39. The molecule has 24 heavy (non-hydrogen) atoms. The molecule has 1 heterocycles. The number of pyridine rings is 1. The molecule has 0 saturated carbocycles. The van der Waals surface area contributed by atoms with Crippen molar-refractivity contribution in [3.05, 3.63) is 64.8 Å². The van der Waals surface area contributed by atoms with Crippen LogP contribution in [0.2, 0.25) is 5.02 Å². The second-order valence-electron chi connectivity index (χ2n) is 4.85. The predicted molar refractivity (Wildman–Crippen MR) is 83.3 cm³/mol. The second-order valence-corrected chi connectivity index (χ2v) is 7.15. The Labute approximate surface area is 140 Å². The van der Waals surface area contributed by atoms with E-state index < -0.39 is 27.0 Å². The minimum atomic E-state index is -4.13. The third-order valence-corrected chi connectivity index (χ3v) is 5.67. The van der Waals surface area contributed by atoms with Crippen molar-refractivity contribution in [1.29, 1.82) is 5.26 Å². The number of nitriles is 1. The van der Waals surface area contributed by atoms with Crippen molar-refractivity contribution in [2.45, 2.75) is 9.79 Å². The van der Waals surface area contributed by atoms with Crippen molar-refractivity contribution in [2.24, 2.45) is 0 Å². The molecule has 0 spiro atoms. The van der Waals surface area contributed by atoms with Crippen molar-refractivity contribution >= 4 is 32.3 Å².